The molecule has 0 amide bonds. The number of hydrogen-bond donors (Lipinski definition) is 4. The second kappa shape index (κ2) is 20.5. The number of aryl methyl sites for hydroxylation is 2. The van der Waals surface area contributed by atoms with Crippen LogP contribution in [0.2, 0.25) is 0 Å². The van der Waals surface area contributed by atoms with Crippen molar-refractivity contribution in [1.82, 2.24) is 0 Å². The standard InChI is InChI=1S/2C10H13NO.2CH5N.Co/c2*1-2-4-8-5-3-6-10(12)9(8)7-11;2*1-2;/h2*3,5-7,11-12H,2,4H2,1H3;2*2H2,1H3;/q;;;;+2/p-2. The van der Waals surface area contributed by atoms with Crippen molar-refractivity contribution in [1.29, 1.82) is 10.8 Å². The molecule has 0 aliphatic rings. The first kappa shape index (κ1) is 31.5. The average Bonchev–Trinajstić information content (AvgIpc) is 2.72. The van der Waals surface area contributed by atoms with Crippen LogP contribution in [0.4, 0.5) is 0 Å². The zero-order chi connectivity index (χ0) is 21.9. The number of hydrogen-bond acceptors (Lipinski definition) is 6. The molecule has 0 heterocycles. The van der Waals surface area contributed by atoms with Crippen LogP contribution >= 0.6 is 0 Å². The smallest absolute Gasteiger partial charge is 0.872 e. The fourth-order valence-electron chi connectivity index (χ4n) is 2.48. The summed E-state index contributed by atoms with van der Waals surface area (Å²) in [6.45, 7) is 4.12. The molecule has 1 radical (unpaired) electrons. The zero-order valence-corrected chi connectivity index (χ0v) is 18.8. The van der Waals surface area contributed by atoms with E-state index in [2.05, 4.69) is 25.3 Å². The van der Waals surface area contributed by atoms with Gasteiger partial charge in [0.25, 0.3) is 0 Å². The van der Waals surface area contributed by atoms with Gasteiger partial charge in [-0.1, -0.05) is 74.6 Å². The van der Waals surface area contributed by atoms with E-state index >= 15 is 0 Å². The summed E-state index contributed by atoms with van der Waals surface area (Å²) in [6, 6.07) is 10.3. The number of nitrogens with one attached hydrogen (secondary N) is 2. The van der Waals surface area contributed by atoms with Gasteiger partial charge in [-0.15, -0.1) is 0 Å². The summed E-state index contributed by atoms with van der Waals surface area (Å²) < 4.78 is 0. The third-order valence-electron chi connectivity index (χ3n) is 3.64. The van der Waals surface area contributed by atoms with Gasteiger partial charge in [0.2, 0.25) is 0 Å². The summed E-state index contributed by atoms with van der Waals surface area (Å²) in [5.74, 6) is -0.0908. The maximum Gasteiger partial charge on any atom is 2.00 e. The molecule has 0 unspecified atom stereocenters. The van der Waals surface area contributed by atoms with Gasteiger partial charge < -0.3 is 32.5 Å². The van der Waals surface area contributed by atoms with Crippen molar-refractivity contribution in [3.8, 4) is 11.5 Å². The summed E-state index contributed by atoms with van der Waals surface area (Å²) >= 11 is 0. The van der Waals surface area contributed by atoms with E-state index in [1.807, 2.05) is 12.1 Å². The van der Waals surface area contributed by atoms with E-state index in [4.69, 9.17) is 10.8 Å². The molecule has 2 rings (SSSR count). The molecule has 29 heavy (non-hydrogen) atoms. The molecule has 0 spiro atoms. The van der Waals surface area contributed by atoms with E-state index in [0.717, 1.165) is 49.2 Å². The molecule has 6 nitrogen and oxygen atoms in total. The minimum atomic E-state index is -0.0454. The Balaban J connectivity index is -0.000000386. The van der Waals surface area contributed by atoms with Crippen molar-refractivity contribution in [2.75, 3.05) is 14.1 Å². The van der Waals surface area contributed by atoms with Crippen LogP contribution in [-0.2, 0) is 29.6 Å². The predicted octanol–water partition coefficient (Wildman–Crippen LogP) is 2.57. The van der Waals surface area contributed by atoms with Gasteiger partial charge in [0.05, 0.1) is 0 Å². The van der Waals surface area contributed by atoms with Gasteiger partial charge in [-0.05, 0) is 49.2 Å². The summed E-state index contributed by atoms with van der Waals surface area (Å²) in [5.41, 5.74) is 12.1. The Hall–Kier alpha value is -2.19. The van der Waals surface area contributed by atoms with Crippen molar-refractivity contribution in [3.63, 3.8) is 0 Å². The summed E-state index contributed by atoms with van der Waals surface area (Å²) in [6.07, 6.45) is 6.05. The molecule has 7 heteroatoms. The van der Waals surface area contributed by atoms with Crippen LogP contribution in [0.5, 0.6) is 11.5 Å². The third-order valence-corrected chi connectivity index (χ3v) is 3.64. The van der Waals surface area contributed by atoms with Gasteiger partial charge in [0, 0.05) is 12.4 Å². The van der Waals surface area contributed by atoms with Crippen molar-refractivity contribution in [2.24, 2.45) is 11.5 Å². The number of nitrogens with two attached hydrogens (primary N) is 2. The topological polar surface area (TPSA) is 146 Å². The Bertz CT molecular complexity index is 635. The first-order chi connectivity index (χ1) is 13.6. The van der Waals surface area contributed by atoms with Crippen molar-refractivity contribution in [3.05, 3.63) is 58.7 Å². The Morgan fingerprint density at radius 3 is 1.28 bits per heavy atom. The van der Waals surface area contributed by atoms with E-state index in [-0.39, 0.29) is 28.3 Å². The van der Waals surface area contributed by atoms with E-state index < -0.39 is 0 Å². The third kappa shape index (κ3) is 11.4. The Kier molecular flexibility index (Phi) is 22.3. The Morgan fingerprint density at radius 2 is 1.03 bits per heavy atom. The molecule has 163 valence electrons. The molecule has 0 aliphatic heterocycles. The summed E-state index contributed by atoms with van der Waals surface area (Å²) in [4.78, 5) is 0. The fourth-order valence-corrected chi connectivity index (χ4v) is 2.48. The van der Waals surface area contributed by atoms with Crippen LogP contribution in [-0.4, -0.2) is 26.5 Å². The normalized spacial score (nSPS) is 8.48. The van der Waals surface area contributed by atoms with E-state index in [1.165, 1.54) is 26.2 Å². The molecule has 0 atom stereocenters. The molecule has 6 N–H and O–H groups in total. The van der Waals surface area contributed by atoms with Gasteiger partial charge in [-0.3, -0.25) is 0 Å². The van der Waals surface area contributed by atoms with Crippen molar-refractivity contribution >= 4 is 12.4 Å². The fraction of sp³-hybridized carbons (Fsp3) is 0.364. The maximum absolute atomic E-state index is 11.2. The molecular formula is C22H34CoN4O2. The predicted molar refractivity (Wildman–Crippen MR) is 116 cm³/mol. The largest absolute Gasteiger partial charge is 2.00 e. The first-order valence-corrected chi connectivity index (χ1v) is 9.33. The average molecular weight is 445 g/mol. The molecular weight excluding hydrogens is 411 g/mol. The van der Waals surface area contributed by atoms with Gasteiger partial charge in [0.1, 0.15) is 0 Å². The Morgan fingerprint density at radius 1 is 0.724 bits per heavy atom. The second-order valence-corrected chi connectivity index (χ2v) is 5.45. The van der Waals surface area contributed by atoms with Gasteiger partial charge in [-0.25, -0.2) is 0 Å². The molecule has 0 fully saturated rings. The molecule has 0 bridgehead atoms. The summed E-state index contributed by atoms with van der Waals surface area (Å²) in [7, 11) is 3.00. The van der Waals surface area contributed by atoms with Crippen LogP contribution in [0, 0.1) is 10.8 Å². The Labute approximate surface area is 185 Å². The first-order valence-electron chi connectivity index (χ1n) is 9.33. The van der Waals surface area contributed by atoms with Crippen LogP contribution in [0.3, 0.4) is 0 Å². The van der Waals surface area contributed by atoms with E-state index in [0.29, 0.717) is 11.1 Å². The van der Waals surface area contributed by atoms with Crippen LogP contribution in [0.15, 0.2) is 36.4 Å². The number of rotatable bonds is 6. The van der Waals surface area contributed by atoms with Crippen molar-refractivity contribution in [2.45, 2.75) is 39.5 Å². The van der Waals surface area contributed by atoms with E-state index in [9.17, 15) is 10.2 Å². The minimum absolute atomic E-state index is 0. The van der Waals surface area contributed by atoms with Gasteiger partial charge >= 0.3 is 16.8 Å². The zero-order valence-electron chi connectivity index (χ0n) is 17.8. The van der Waals surface area contributed by atoms with Gasteiger partial charge in [0.15, 0.2) is 0 Å². The van der Waals surface area contributed by atoms with E-state index in [1.54, 1.807) is 12.1 Å². The van der Waals surface area contributed by atoms with Crippen LogP contribution in [0.1, 0.15) is 48.9 Å². The summed E-state index contributed by atoms with van der Waals surface area (Å²) in [5, 5.41) is 36.5. The molecule has 2 aromatic carbocycles. The molecule has 0 aliphatic carbocycles. The molecule has 2 aromatic rings. The van der Waals surface area contributed by atoms with Gasteiger partial charge in [-0.2, -0.15) is 0 Å². The monoisotopic (exact) mass is 445 g/mol. The molecule has 0 saturated heterocycles. The maximum atomic E-state index is 11.2. The molecule has 0 aromatic heterocycles. The SMILES string of the molecule is CCCc1cccc([O-])c1C=N.CCCc1cccc([O-])c1C=N.CN.CN.[Co+2]. The van der Waals surface area contributed by atoms with Crippen LogP contribution in [0.25, 0.3) is 0 Å². The van der Waals surface area contributed by atoms with Crippen molar-refractivity contribution < 1.29 is 27.0 Å². The molecule has 0 saturated carbocycles. The second-order valence-electron chi connectivity index (χ2n) is 5.45. The number of benzene rings is 2. The minimum Gasteiger partial charge on any atom is -0.872 e. The quantitative estimate of drug-likeness (QED) is 0.506. The van der Waals surface area contributed by atoms with Crippen LogP contribution < -0.4 is 21.7 Å².